The molecule has 0 saturated carbocycles. The number of hydrogen-bond donors (Lipinski definition) is 6. The maximum atomic E-state index is 11.7. The zero-order valence-electron chi connectivity index (χ0n) is 20.0. The smallest absolute Gasteiger partial charge is 0.490 e. The summed E-state index contributed by atoms with van der Waals surface area (Å²) in [6, 6.07) is 16.4. The molecular formula is C24H32F3N3O6. The number of aliphatic carboxylic acids is 1. The van der Waals surface area contributed by atoms with Crippen LogP contribution in [0, 0.1) is 0 Å². The van der Waals surface area contributed by atoms with Crippen LogP contribution in [0.15, 0.2) is 54.6 Å². The first kappa shape index (κ1) is 30.7. The molecule has 0 unspecified atom stereocenters. The molecule has 0 fully saturated rings. The number of nitrogens with one attached hydrogen (secondary N) is 3. The van der Waals surface area contributed by atoms with E-state index in [4.69, 9.17) is 14.6 Å². The van der Waals surface area contributed by atoms with Gasteiger partial charge in [-0.15, -0.1) is 0 Å². The predicted octanol–water partition coefficient (Wildman–Crippen LogP) is 2.78. The van der Waals surface area contributed by atoms with Crippen molar-refractivity contribution in [1.29, 1.82) is 0 Å². The Bertz CT molecular complexity index is 912. The van der Waals surface area contributed by atoms with Crippen molar-refractivity contribution in [3.63, 3.8) is 0 Å². The standard InChI is InChI=1S/C22H31N3O4.C2HF3O2/c1-16(2)24-22(28)25-18-10-8-17(9-11-18)12-19(14-26)23-13-20(27)15-29-21-6-4-3-5-7-21;3-2(4,5)1(6)7/h3-11,16,19-20,23,26-27H,12-15H2,1-2H3,(H2,24,25,28);(H,6,7)/t19-,20-;/m0./s1. The molecule has 0 aromatic heterocycles. The average molecular weight is 516 g/mol. The fourth-order valence-corrected chi connectivity index (χ4v) is 2.71. The molecule has 0 radical (unpaired) electrons. The molecule has 2 aromatic carbocycles. The molecule has 0 aliphatic carbocycles. The maximum Gasteiger partial charge on any atom is 0.490 e. The van der Waals surface area contributed by atoms with Gasteiger partial charge in [-0.2, -0.15) is 13.2 Å². The monoisotopic (exact) mass is 515 g/mol. The molecule has 0 aliphatic heterocycles. The van der Waals surface area contributed by atoms with E-state index in [1.54, 1.807) is 0 Å². The Morgan fingerprint density at radius 3 is 2.11 bits per heavy atom. The van der Waals surface area contributed by atoms with E-state index < -0.39 is 18.2 Å². The lowest BCUT2D eigenvalue weighted by atomic mass is 10.1. The van der Waals surface area contributed by atoms with E-state index >= 15 is 0 Å². The predicted molar refractivity (Wildman–Crippen MR) is 128 cm³/mol. The number of ether oxygens (including phenoxy) is 1. The number of carboxylic acids is 1. The molecule has 0 heterocycles. The third-order valence-corrected chi connectivity index (χ3v) is 4.40. The van der Waals surface area contributed by atoms with Gasteiger partial charge in [-0.25, -0.2) is 9.59 Å². The van der Waals surface area contributed by atoms with Crippen LogP contribution < -0.4 is 20.7 Å². The minimum Gasteiger partial charge on any atom is -0.491 e. The highest BCUT2D eigenvalue weighted by molar-refractivity contribution is 5.89. The van der Waals surface area contributed by atoms with Crippen molar-refractivity contribution in [2.24, 2.45) is 0 Å². The fraction of sp³-hybridized carbons (Fsp3) is 0.417. The molecule has 0 bridgehead atoms. The summed E-state index contributed by atoms with van der Waals surface area (Å²) in [7, 11) is 0. The van der Waals surface area contributed by atoms with E-state index in [0.29, 0.717) is 24.4 Å². The molecule has 2 aromatic rings. The summed E-state index contributed by atoms with van der Waals surface area (Å²) in [5, 5.41) is 35.5. The Balaban J connectivity index is 0.000000809. The normalized spacial score (nSPS) is 12.7. The topological polar surface area (TPSA) is 140 Å². The van der Waals surface area contributed by atoms with E-state index in [2.05, 4.69) is 16.0 Å². The largest absolute Gasteiger partial charge is 0.491 e. The highest BCUT2D eigenvalue weighted by Gasteiger charge is 2.38. The van der Waals surface area contributed by atoms with E-state index in [1.807, 2.05) is 68.4 Å². The van der Waals surface area contributed by atoms with Crippen LogP contribution in [-0.4, -0.2) is 71.4 Å². The highest BCUT2D eigenvalue weighted by Crippen LogP contribution is 2.13. The second kappa shape index (κ2) is 15.6. The van der Waals surface area contributed by atoms with Crippen molar-refractivity contribution in [2.45, 2.75) is 44.6 Å². The van der Waals surface area contributed by atoms with Gasteiger partial charge < -0.3 is 36.0 Å². The van der Waals surface area contributed by atoms with Gasteiger partial charge in [0.05, 0.1) is 6.61 Å². The second-order valence-corrected chi connectivity index (χ2v) is 8.02. The van der Waals surface area contributed by atoms with Crippen molar-refractivity contribution in [2.75, 3.05) is 25.1 Å². The van der Waals surface area contributed by atoms with E-state index in [0.717, 1.165) is 5.56 Å². The first-order chi connectivity index (χ1) is 16.9. The molecule has 0 aliphatic rings. The van der Waals surface area contributed by atoms with Gasteiger partial charge in [0.25, 0.3) is 0 Å². The first-order valence-electron chi connectivity index (χ1n) is 11.1. The van der Waals surface area contributed by atoms with Gasteiger partial charge in [0.1, 0.15) is 18.5 Å². The van der Waals surface area contributed by atoms with Crippen molar-refractivity contribution in [3.05, 3.63) is 60.2 Å². The van der Waals surface area contributed by atoms with E-state index in [-0.39, 0.29) is 31.3 Å². The van der Waals surface area contributed by atoms with Crippen LogP contribution in [0.3, 0.4) is 0 Å². The summed E-state index contributed by atoms with van der Waals surface area (Å²) in [5.74, 6) is -2.05. The number of carboxylic acid groups (broad SMARTS) is 1. The van der Waals surface area contributed by atoms with Crippen molar-refractivity contribution >= 4 is 17.7 Å². The number of hydrogen-bond acceptors (Lipinski definition) is 6. The van der Waals surface area contributed by atoms with Crippen molar-refractivity contribution in [3.8, 4) is 5.75 Å². The maximum absolute atomic E-state index is 11.7. The molecule has 2 amide bonds. The molecule has 2 rings (SSSR count). The molecule has 200 valence electrons. The first-order valence-corrected chi connectivity index (χ1v) is 11.1. The third-order valence-electron chi connectivity index (χ3n) is 4.40. The summed E-state index contributed by atoms with van der Waals surface area (Å²) >= 11 is 0. The quantitative estimate of drug-likeness (QED) is 0.270. The molecular weight excluding hydrogens is 483 g/mol. The molecule has 12 heteroatoms. The number of anilines is 1. The molecule has 0 saturated heterocycles. The zero-order chi connectivity index (χ0) is 27.1. The number of para-hydroxylation sites is 1. The summed E-state index contributed by atoms with van der Waals surface area (Å²) in [6.07, 6.45) is -5.17. The minimum atomic E-state index is -5.08. The van der Waals surface area contributed by atoms with Gasteiger partial charge in [-0.1, -0.05) is 30.3 Å². The number of halogens is 3. The van der Waals surface area contributed by atoms with Gasteiger partial charge in [0.2, 0.25) is 0 Å². The lowest BCUT2D eigenvalue weighted by Crippen LogP contribution is -2.41. The number of benzene rings is 2. The Labute approximate surface area is 207 Å². The number of carbonyl (C=O) groups excluding carboxylic acids is 1. The fourth-order valence-electron chi connectivity index (χ4n) is 2.71. The molecule has 6 N–H and O–H groups in total. The minimum absolute atomic E-state index is 0.0525. The highest BCUT2D eigenvalue weighted by atomic mass is 19.4. The summed E-state index contributed by atoms with van der Waals surface area (Å²) in [6.45, 7) is 4.23. The van der Waals surface area contributed by atoms with Crippen LogP contribution in [0.2, 0.25) is 0 Å². The number of alkyl halides is 3. The lowest BCUT2D eigenvalue weighted by molar-refractivity contribution is -0.192. The Morgan fingerprint density at radius 2 is 1.61 bits per heavy atom. The summed E-state index contributed by atoms with van der Waals surface area (Å²) in [4.78, 5) is 20.6. The van der Waals surface area contributed by atoms with Crippen molar-refractivity contribution in [1.82, 2.24) is 10.6 Å². The van der Waals surface area contributed by atoms with Crippen LogP contribution in [0.1, 0.15) is 19.4 Å². The Morgan fingerprint density at radius 1 is 1.03 bits per heavy atom. The van der Waals surface area contributed by atoms with Gasteiger partial charge in [-0.05, 0) is 50.1 Å². The van der Waals surface area contributed by atoms with Gasteiger partial charge in [-0.3, -0.25) is 0 Å². The van der Waals surface area contributed by atoms with Crippen LogP contribution in [0.5, 0.6) is 5.75 Å². The second-order valence-electron chi connectivity index (χ2n) is 8.02. The molecule has 2 atom stereocenters. The Kier molecular flexibility index (Phi) is 13.3. The number of urea groups is 1. The number of amides is 2. The number of aliphatic hydroxyl groups is 2. The number of carbonyl (C=O) groups is 2. The van der Waals surface area contributed by atoms with Crippen LogP contribution in [-0.2, 0) is 11.2 Å². The summed E-state index contributed by atoms with van der Waals surface area (Å²) < 4.78 is 37.3. The van der Waals surface area contributed by atoms with Gasteiger partial charge in [0.15, 0.2) is 0 Å². The summed E-state index contributed by atoms with van der Waals surface area (Å²) in [5.41, 5.74) is 1.72. The SMILES string of the molecule is CC(C)NC(=O)Nc1ccc(C[C@@H](CO)NC[C@H](O)COc2ccccc2)cc1.O=C(O)C(F)(F)F. The van der Waals surface area contributed by atoms with Crippen LogP contribution in [0.4, 0.5) is 23.7 Å². The Hall–Kier alpha value is -3.35. The molecule has 0 spiro atoms. The zero-order valence-corrected chi connectivity index (χ0v) is 20.0. The van der Waals surface area contributed by atoms with Crippen LogP contribution >= 0.6 is 0 Å². The van der Waals surface area contributed by atoms with Gasteiger partial charge >= 0.3 is 18.2 Å². The number of rotatable bonds is 11. The third kappa shape index (κ3) is 13.5. The molecule has 9 nitrogen and oxygen atoms in total. The van der Waals surface area contributed by atoms with Crippen LogP contribution in [0.25, 0.3) is 0 Å². The number of aliphatic hydroxyl groups excluding tert-OH is 2. The van der Waals surface area contributed by atoms with E-state index in [1.165, 1.54) is 0 Å². The van der Waals surface area contributed by atoms with E-state index in [9.17, 15) is 28.2 Å². The van der Waals surface area contributed by atoms with Crippen molar-refractivity contribution < 1.29 is 42.8 Å². The average Bonchev–Trinajstić information content (AvgIpc) is 2.81. The van der Waals surface area contributed by atoms with Gasteiger partial charge in [0, 0.05) is 24.3 Å². The molecule has 36 heavy (non-hydrogen) atoms. The lowest BCUT2D eigenvalue weighted by Gasteiger charge is -2.19.